The number of ether oxygens (including phenoxy) is 3. The molecule has 9 nitrogen and oxygen atoms in total. The van der Waals surface area contributed by atoms with Crippen molar-refractivity contribution in [3.05, 3.63) is 121 Å². The molecule has 0 spiro atoms. The molecule has 0 saturated carbocycles. The van der Waals surface area contributed by atoms with Crippen LogP contribution in [0.5, 0.6) is 11.5 Å². The van der Waals surface area contributed by atoms with Crippen LogP contribution >= 0.6 is 11.8 Å². The molecule has 4 aromatic carbocycles. The number of carbonyl (C=O) groups is 2. The van der Waals surface area contributed by atoms with Crippen molar-refractivity contribution in [2.75, 3.05) is 35.8 Å². The molecule has 0 radical (unpaired) electrons. The van der Waals surface area contributed by atoms with E-state index in [0.717, 1.165) is 4.90 Å². The number of nitrogens with two attached hydrogens (primary N) is 1. The number of anilines is 3. The summed E-state index contributed by atoms with van der Waals surface area (Å²) in [5.41, 5.74) is 7.87. The summed E-state index contributed by atoms with van der Waals surface area (Å²) in [5.74, 6) is 0.414. The summed E-state index contributed by atoms with van der Waals surface area (Å²) in [5, 5.41) is 14.9. The Kier molecular flexibility index (Phi) is 11.5. The first kappa shape index (κ1) is 31.0. The van der Waals surface area contributed by atoms with Crippen LogP contribution in [0.15, 0.2) is 120 Å². The van der Waals surface area contributed by atoms with Crippen LogP contribution in [-0.2, 0) is 9.53 Å². The normalized spacial score (nSPS) is 12.2. The maximum Gasteiger partial charge on any atom is 0.412 e. The smallest absolute Gasteiger partial charge is 0.412 e. The summed E-state index contributed by atoms with van der Waals surface area (Å²) >= 11 is 1.59. The monoisotopic (exact) mass is 599 g/mol. The molecule has 0 saturated heterocycles. The van der Waals surface area contributed by atoms with Gasteiger partial charge in [0.15, 0.2) is 12.2 Å². The van der Waals surface area contributed by atoms with Crippen molar-refractivity contribution in [3.8, 4) is 11.5 Å². The molecule has 4 rings (SSSR count). The number of thioether (sulfide) groups is 1. The zero-order valence-corrected chi connectivity index (χ0v) is 24.3. The second-order valence-electron chi connectivity index (χ2n) is 9.12. The minimum Gasteiger partial charge on any atom is -0.491 e. The first-order valence-corrected chi connectivity index (χ1v) is 14.7. The number of nitrogen functional groups attached to an aromatic ring is 1. The van der Waals surface area contributed by atoms with E-state index in [4.69, 9.17) is 19.9 Å². The van der Waals surface area contributed by atoms with Crippen molar-refractivity contribution in [3.63, 3.8) is 0 Å². The zero-order valence-electron chi connectivity index (χ0n) is 23.5. The van der Waals surface area contributed by atoms with Gasteiger partial charge in [-0.25, -0.2) is 4.79 Å². The molecule has 0 aliphatic heterocycles. The lowest BCUT2D eigenvalue weighted by Gasteiger charge is -2.27. The first-order valence-electron chi connectivity index (χ1n) is 13.5. The van der Waals surface area contributed by atoms with Crippen LogP contribution in [0, 0.1) is 0 Å². The Labute approximate surface area is 254 Å². The lowest BCUT2D eigenvalue weighted by molar-refractivity contribution is -0.112. The number of aliphatic hydroxyl groups is 1. The fourth-order valence-corrected chi connectivity index (χ4v) is 4.48. The average molecular weight is 600 g/mol. The number of benzene rings is 4. The lowest BCUT2D eigenvalue weighted by atomic mass is 10.0. The van der Waals surface area contributed by atoms with E-state index in [2.05, 4.69) is 10.6 Å². The van der Waals surface area contributed by atoms with Crippen molar-refractivity contribution in [1.82, 2.24) is 0 Å². The molecule has 0 unspecified atom stereocenters. The molecule has 5 N–H and O–H groups in total. The molecule has 0 aromatic heterocycles. The van der Waals surface area contributed by atoms with E-state index in [1.165, 1.54) is 12.2 Å². The summed E-state index contributed by atoms with van der Waals surface area (Å²) in [4.78, 5) is 27.2. The van der Waals surface area contributed by atoms with Crippen molar-refractivity contribution in [2.45, 2.75) is 17.1 Å². The topological polar surface area (TPSA) is 132 Å². The quantitative estimate of drug-likeness (QED) is 0.0801. The summed E-state index contributed by atoms with van der Waals surface area (Å²) in [6.45, 7) is -0.183. The predicted molar refractivity (Wildman–Crippen MR) is 170 cm³/mol. The van der Waals surface area contributed by atoms with Crippen LogP contribution in [-0.4, -0.2) is 42.7 Å². The van der Waals surface area contributed by atoms with Gasteiger partial charge in [-0.05, 0) is 66.9 Å². The Morgan fingerprint density at radius 3 is 2.33 bits per heavy atom. The number of para-hydroxylation sites is 4. The number of amides is 2. The Balaban J connectivity index is 1.68. The van der Waals surface area contributed by atoms with Gasteiger partial charge in [-0.15, -0.1) is 11.8 Å². The third-order valence-corrected chi connectivity index (χ3v) is 6.86. The molecule has 2 atom stereocenters. The van der Waals surface area contributed by atoms with E-state index in [1.54, 1.807) is 96.7 Å². The van der Waals surface area contributed by atoms with Crippen LogP contribution in [0.4, 0.5) is 21.9 Å². The third-order valence-electron chi connectivity index (χ3n) is 6.11. The minimum atomic E-state index is -1.08. The average Bonchev–Trinajstić information content (AvgIpc) is 3.03. The Morgan fingerprint density at radius 1 is 0.907 bits per heavy atom. The van der Waals surface area contributed by atoms with Crippen molar-refractivity contribution in [2.24, 2.45) is 0 Å². The predicted octanol–water partition coefficient (Wildman–Crippen LogP) is 6.29. The highest BCUT2D eigenvalue weighted by Gasteiger charge is 2.30. The van der Waals surface area contributed by atoms with Gasteiger partial charge in [0.05, 0.1) is 18.0 Å². The number of hydrogen-bond donors (Lipinski definition) is 4. The van der Waals surface area contributed by atoms with Crippen molar-refractivity contribution >= 4 is 40.8 Å². The van der Waals surface area contributed by atoms with Gasteiger partial charge >= 0.3 is 6.09 Å². The van der Waals surface area contributed by atoms with E-state index in [9.17, 15) is 14.7 Å². The van der Waals surface area contributed by atoms with E-state index in [1.807, 2.05) is 24.5 Å². The van der Waals surface area contributed by atoms with Crippen LogP contribution in [0.25, 0.3) is 0 Å². The standard InChI is InChI=1S/C33H33N3O6S/c1-43-25-17-15-23(16-18-25)35-33(39)42-32(26-11-5-8-14-29(26)40-22-21-37)30(41-24-9-3-2-4-10-24)19-20-31(38)36-28-13-7-6-12-27(28)34/h2-20,30,32,37H,21-22,34H2,1H3,(H,35,39)(H,36,38)/b20-19+/t30-,32-/m1/s1. The molecule has 2 amide bonds. The highest BCUT2D eigenvalue weighted by Crippen LogP contribution is 2.34. The van der Waals surface area contributed by atoms with E-state index in [0.29, 0.717) is 34.1 Å². The third kappa shape index (κ3) is 9.29. The second kappa shape index (κ2) is 15.9. The molecule has 0 aliphatic rings. The SMILES string of the molecule is CSc1ccc(NC(=O)O[C@H](c2ccccc2OCCO)[C@@H](/C=C/C(=O)Nc2ccccc2N)Oc2ccccc2)cc1. The molecule has 43 heavy (non-hydrogen) atoms. The van der Waals surface area contributed by atoms with Gasteiger partial charge < -0.3 is 30.4 Å². The molecule has 0 aliphatic carbocycles. The van der Waals surface area contributed by atoms with Gasteiger partial charge in [0.25, 0.3) is 0 Å². The molecule has 222 valence electrons. The first-order chi connectivity index (χ1) is 21.0. The van der Waals surface area contributed by atoms with Crippen LogP contribution in [0.1, 0.15) is 11.7 Å². The van der Waals surface area contributed by atoms with Crippen LogP contribution in [0.2, 0.25) is 0 Å². The number of rotatable bonds is 13. The van der Waals surface area contributed by atoms with Gasteiger partial charge in [-0.3, -0.25) is 10.1 Å². The summed E-state index contributed by atoms with van der Waals surface area (Å²) in [6, 6.07) is 30.2. The Morgan fingerprint density at radius 2 is 1.60 bits per heavy atom. The Hall–Kier alpha value is -4.93. The minimum absolute atomic E-state index is 0.0265. The maximum absolute atomic E-state index is 13.3. The number of carbonyl (C=O) groups excluding carboxylic acids is 2. The largest absolute Gasteiger partial charge is 0.491 e. The molecule has 4 aromatic rings. The number of nitrogens with one attached hydrogen (secondary N) is 2. The molecular weight excluding hydrogens is 566 g/mol. The summed E-state index contributed by atoms with van der Waals surface area (Å²) in [7, 11) is 0. The van der Waals surface area contributed by atoms with E-state index >= 15 is 0 Å². The van der Waals surface area contributed by atoms with Crippen molar-refractivity contribution < 1.29 is 28.9 Å². The lowest BCUT2D eigenvalue weighted by Crippen LogP contribution is -2.30. The molecular formula is C33H33N3O6S. The highest BCUT2D eigenvalue weighted by molar-refractivity contribution is 7.98. The Bertz CT molecular complexity index is 1510. The highest BCUT2D eigenvalue weighted by atomic mass is 32.2. The van der Waals surface area contributed by atoms with Gasteiger partial charge in [0.2, 0.25) is 5.91 Å². The maximum atomic E-state index is 13.3. The summed E-state index contributed by atoms with van der Waals surface area (Å²) in [6.07, 6.45) is 1.97. The van der Waals surface area contributed by atoms with E-state index in [-0.39, 0.29) is 13.2 Å². The molecule has 10 heteroatoms. The fraction of sp³-hybridized carbons (Fsp3) is 0.152. The van der Waals surface area contributed by atoms with Gasteiger partial charge in [-0.1, -0.05) is 48.5 Å². The molecule has 0 fully saturated rings. The zero-order chi connectivity index (χ0) is 30.4. The van der Waals surface area contributed by atoms with Crippen LogP contribution in [0.3, 0.4) is 0 Å². The van der Waals surface area contributed by atoms with E-state index < -0.39 is 24.2 Å². The molecule has 0 heterocycles. The van der Waals surface area contributed by atoms with Crippen LogP contribution < -0.4 is 25.8 Å². The fourth-order valence-electron chi connectivity index (χ4n) is 4.07. The second-order valence-corrected chi connectivity index (χ2v) is 10.0. The van der Waals surface area contributed by atoms with Crippen molar-refractivity contribution in [1.29, 1.82) is 0 Å². The number of hydrogen-bond acceptors (Lipinski definition) is 8. The van der Waals surface area contributed by atoms with Gasteiger partial charge in [0.1, 0.15) is 18.1 Å². The van der Waals surface area contributed by atoms with Gasteiger partial charge in [-0.2, -0.15) is 0 Å². The molecule has 0 bridgehead atoms. The summed E-state index contributed by atoms with van der Waals surface area (Å²) < 4.78 is 18.1. The van der Waals surface area contributed by atoms with Gasteiger partial charge in [0, 0.05) is 22.2 Å². The number of aliphatic hydroxyl groups excluding tert-OH is 1.